The van der Waals surface area contributed by atoms with Crippen LogP contribution in [0, 0.1) is 0 Å². The van der Waals surface area contributed by atoms with Crippen molar-refractivity contribution in [2.45, 2.75) is 12.5 Å². The largest absolute Gasteiger partial charge is 0.383 e. The fourth-order valence-corrected chi connectivity index (χ4v) is 3.82. The maximum absolute atomic E-state index is 12.2. The summed E-state index contributed by atoms with van der Waals surface area (Å²) in [7, 11) is 0. The summed E-state index contributed by atoms with van der Waals surface area (Å²) in [5, 5.41) is 14.6. The number of carbonyl (C=O) groups excluding carboxylic acids is 1. The minimum atomic E-state index is -1.11. The maximum Gasteiger partial charge on any atom is 0.251 e. The van der Waals surface area contributed by atoms with Gasteiger partial charge in [-0.3, -0.25) is 4.79 Å². The second-order valence-corrected chi connectivity index (χ2v) is 7.61. The molecule has 0 radical (unpaired) electrons. The average Bonchev–Trinajstić information content (AvgIpc) is 2.97. The van der Waals surface area contributed by atoms with Crippen molar-refractivity contribution >= 4 is 43.3 Å². The smallest absolute Gasteiger partial charge is 0.251 e. The summed E-state index contributed by atoms with van der Waals surface area (Å²) in [5.74, 6) is -0.201. The number of hydrogen-bond donors (Lipinski definition) is 2. The molecule has 0 saturated carbocycles. The molecule has 0 spiro atoms. The van der Waals surface area contributed by atoms with Crippen LogP contribution < -0.4 is 5.32 Å². The quantitative estimate of drug-likeness (QED) is 0.698. The Morgan fingerprint density at radius 2 is 2.00 bits per heavy atom. The summed E-state index contributed by atoms with van der Waals surface area (Å²) in [4.78, 5) is 13.0. The van der Waals surface area contributed by atoms with E-state index >= 15 is 0 Å². The molecule has 3 aromatic rings. The minimum Gasteiger partial charge on any atom is -0.383 e. The van der Waals surface area contributed by atoms with Crippen LogP contribution in [0.2, 0.25) is 0 Å². The van der Waals surface area contributed by atoms with Crippen LogP contribution in [0.25, 0.3) is 10.1 Å². The molecule has 0 aliphatic heterocycles. The van der Waals surface area contributed by atoms with Crippen molar-refractivity contribution in [1.29, 1.82) is 0 Å². The van der Waals surface area contributed by atoms with E-state index in [0.29, 0.717) is 5.56 Å². The number of aliphatic hydroxyl groups is 1. The second-order valence-electron chi connectivity index (χ2n) is 5.62. The molecule has 0 saturated heterocycles. The molecule has 5 heteroatoms. The van der Waals surface area contributed by atoms with E-state index in [1.54, 1.807) is 30.4 Å². The van der Waals surface area contributed by atoms with E-state index in [4.69, 9.17) is 0 Å². The number of thiophene rings is 1. The molecular formula is C18H16BrNO2S. The highest BCUT2D eigenvalue weighted by Gasteiger charge is 2.26. The van der Waals surface area contributed by atoms with Crippen LogP contribution in [0.3, 0.4) is 0 Å². The summed E-state index contributed by atoms with van der Waals surface area (Å²) >= 11 is 4.89. The number of fused-ring (bicyclic) bond motifs is 1. The monoisotopic (exact) mass is 389 g/mol. The predicted octanol–water partition coefficient (Wildman–Crippen LogP) is 4.30. The summed E-state index contributed by atoms with van der Waals surface area (Å²) in [6, 6.07) is 17.1. The molecule has 0 aliphatic rings. The van der Waals surface area contributed by atoms with E-state index < -0.39 is 5.60 Å². The number of rotatable bonds is 4. The molecule has 0 fully saturated rings. The SMILES string of the molecule is CC(O)(CNC(=O)c1cccc(Br)c1)c1cc2ccccc2s1. The van der Waals surface area contributed by atoms with Crippen molar-refractivity contribution in [3.05, 3.63) is 69.5 Å². The summed E-state index contributed by atoms with van der Waals surface area (Å²) in [6.07, 6.45) is 0. The standard InChI is InChI=1S/C18H16BrNO2S/c1-18(22,16-10-12-5-2-3-8-15(12)23-16)11-20-17(21)13-6-4-7-14(19)9-13/h2-10,22H,11H2,1H3,(H,20,21). The molecule has 1 unspecified atom stereocenters. The Labute approximate surface area is 147 Å². The number of amides is 1. The lowest BCUT2D eigenvalue weighted by Crippen LogP contribution is -2.38. The zero-order chi connectivity index (χ0) is 16.4. The molecule has 3 rings (SSSR count). The zero-order valence-electron chi connectivity index (χ0n) is 12.5. The third kappa shape index (κ3) is 3.63. The van der Waals surface area contributed by atoms with Crippen molar-refractivity contribution in [2.75, 3.05) is 6.54 Å². The number of benzene rings is 2. The summed E-state index contributed by atoms with van der Waals surface area (Å²) in [5.41, 5.74) is -0.544. The van der Waals surface area contributed by atoms with Gasteiger partial charge in [0.15, 0.2) is 0 Å². The first kappa shape index (κ1) is 16.2. The average molecular weight is 390 g/mol. The molecule has 3 nitrogen and oxygen atoms in total. The zero-order valence-corrected chi connectivity index (χ0v) is 14.9. The highest BCUT2D eigenvalue weighted by atomic mass is 79.9. The highest BCUT2D eigenvalue weighted by Crippen LogP contribution is 2.32. The van der Waals surface area contributed by atoms with Gasteiger partial charge in [0.25, 0.3) is 5.91 Å². The first-order valence-electron chi connectivity index (χ1n) is 7.21. The van der Waals surface area contributed by atoms with Crippen LogP contribution >= 0.6 is 27.3 Å². The lowest BCUT2D eigenvalue weighted by molar-refractivity contribution is 0.0557. The Kier molecular flexibility index (Phi) is 4.53. The van der Waals surface area contributed by atoms with Crippen LogP contribution in [0.1, 0.15) is 22.2 Å². The molecule has 2 aromatic carbocycles. The topological polar surface area (TPSA) is 49.3 Å². The lowest BCUT2D eigenvalue weighted by Gasteiger charge is -2.22. The molecule has 1 atom stereocenters. The first-order valence-corrected chi connectivity index (χ1v) is 8.82. The van der Waals surface area contributed by atoms with Gasteiger partial charge in [-0.2, -0.15) is 0 Å². The Balaban J connectivity index is 1.74. The summed E-state index contributed by atoms with van der Waals surface area (Å²) in [6.45, 7) is 1.88. The highest BCUT2D eigenvalue weighted by molar-refractivity contribution is 9.10. The van der Waals surface area contributed by atoms with Gasteiger partial charge in [-0.1, -0.05) is 40.2 Å². The number of carbonyl (C=O) groups is 1. The van der Waals surface area contributed by atoms with Crippen LogP contribution in [-0.4, -0.2) is 17.6 Å². The number of halogens is 1. The fraction of sp³-hybridized carbons (Fsp3) is 0.167. The normalized spacial score (nSPS) is 13.7. The van der Waals surface area contributed by atoms with Gasteiger partial charge in [0.05, 0.1) is 6.54 Å². The van der Waals surface area contributed by atoms with Crippen molar-refractivity contribution in [2.24, 2.45) is 0 Å². The molecule has 1 amide bonds. The third-order valence-corrected chi connectivity index (χ3v) is 5.50. The van der Waals surface area contributed by atoms with Crippen LogP contribution in [0.4, 0.5) is 0 Å². The van der Waals surface area contributed by atoms with Crippen LogP contribution in [0.15, 0.2) is 59.1 Å². The lowest BCUT2D eigenvalue weighted by atomic mass is 10.0. The van der Waals surface area contributed by atoms with Gasteiger partial charge in [0.2, 0.25) is 0 Å². The number of hydrogen-bond acceptors (Lipinski definition) is 3. The predicted molar refractivity (Wildman–Crippen MR) is 97.9 cm³/mol. The second kappa shape index (κ2) is 6.43. The van der Waals surface area contributed by atoms with Crippen molar-refractivity contribution in [3.8, 4) is 0 Å². The van der Waals surface area contributed by atoms with Crippen molar-refractivity contribution in [3.63, 3.8) is 0 Å². The fourth-order valence-electron chi connectivity index (χ4n) is 2.32. The van der Waals surface area contributed by atoms with Crippen molar-refractivity contribution < 1.29 is 9.90 Å². The Hall–Kier alpha value is -1.69. The first-order chi connectivity index (χ1) is 11.0. The van der Waals surface area contributed by atoms with E-state index in [1.807, 2.05) is 42.5 Å². The maximum atomic E-state index is 12.2. The molecule has 1 aromatic heterocycles. The van der Waals surface area contributed by atoms with Gasteiger partial charge in [-0.25, -0.2) is 0 Å². The van der Waals surface area contributed by atoms with Crippen molar-refractivity contribution in [1.82, 2.24) is 5.32 Å². The number of nitrogens with one attached hydrogen (secondary N) is 1. The van der Waals surface area contributed by atoms with E-state index in [0.717, 1.165) is 19.4 Å². The molecule has 0 aliphatic carbocycles. The van der Waals surface area contributed by atoms with Gasteiger partial charge in [-0.15, -0.1) is 11.3 Å². The van der Waals surface area contributed by atoms with Crippen LogP contribution in [0.5, 0.6) is 0 Å². The molecule has 1 heterocycles. The Morgan fingerprint density at radius 1 is 1.22 bits per heavy atom. The van der Waals surface area contributed by atoms with Gasteiger partial charge >= 0.3 is 0 Å². The van der Waals surface area contributed by atoms with E-state index in [1.165, 1.54) is 0 Å². The minimum absolute atomic E-state index is 0.158. The van der Waals surface area contributed by atoms with Gasteiger partial charge in [0, 0.05) is 19.6 Å². The van der Waals surface area contributed by atoms with Crippen LogP contribution in [-0.2, 0) is 5.60 Å². The van der Waals surface area contributed by atoms with Gasteiger partial charge in [-0.05, 0) is 42.6 Å². The van der Waals surface area contributed by atoms with Gasteiger partial charge in [0.1, 0.15) is 5.60 Å². The van der Waals surface area contributed by atoms with E-state index in [2.05, 4.69) is 21.2 Å². The Morgan fingerprint density at radius 3 is 2.74 bits per heavy atom. The van der Waals surface area contributed by atoms with E-state index in [-0.39, 0.29) is 12.5 Å². The molecular weight excluding hydrogens is 374 g/mol. The van der Waals surface area contributed by atoms with E-state index in [9.17, 15) is 9.90 Å². The third-order valence-electron chi connectivity index (χ3n) is 3.64. The molecule has 23 heavy (non-hydrogen) atoms. The molecule has 118 valence electrons. The molecule has 0 bridgehead atoms. The molecule has 2 N–H and O–H groups in total. The Bertz CT molecular complexity index is 824. The summed E-state index contributed by atoms with van der Waals surface area (Å²) < 4.78 is 1.97. The van der Waals surface area contributed by atoms with Gasteiger partial charge < -0.3 is 10.4 Å².